The highest BCUT2D eigenvalue weighted by atomic mass is 16.3. The highest BCUT2D eigenvalue weighted by Gasteiger charge is 2.25. The molecule has 0 aliphatic carbocycles. The molecule has 2 aromatic rings. The van der Waals surface area contributed by atoms with E-state index in [1.807, 2.05) is 43.3 Å². The van der Waals surface area contributed by atoms with E-state index in [1.54, 1.807) is 12.1 Å². The van der Waals surface area contributed by atoms with E-state index in [9.17, 15) is 5.11 Å². The first-order valence-corrected chi connectivity index (χ1v) is 6.08. The number of aliphatic hydroxyl groups is 1. The van der Waals surface area contributed by atoms with Gasteiger partial charge in [-0.3, -0.25) is 5.32 Å². The maximum atomic E-state index is 9.62. The summed E-state index contributed by atoms with van der Waals surface area (Å²) in [7, 11) is 0. The van der Waals surface area contributed by atoms with Gasteiger partial charge in [-0.15, -0.1) is 0 Å². The molecule has 0 bridgehead atoms. The van der Waals surface area contributed by atoms with E-state index in [2.05, 4.69) is 5.32 Å². The van der Waals surface area contributed by atoms with Crippen molar-refractivity contribution in [1.82, 2.24) is 5.32 Å². The van der Waals surface area contributed by atoms with Crippen molar-refractivity contribution in [2.24, 2.45) is 0 Å². The Kier molecular flexibility index (Phi) is 4.00. The zero-order valence-electron chi connectivity index (χ0n) is 10.8. The molecule has 1 aromatic heterocycles. The van der Waals surface area contributed by atoms with E-state index in [0.717, 1.165) is 5.56 Å². The van der Waals surface area contributed by atoms with Crippen LogP contribution in [-0.4, -0.2) is 11.7 Å². The molecule has 1 heterocycles. The fraction of sp³-hybridized carbons (Fsp3) is 0.267. The lowest BCUT2D eigenvalue weighted by atomic mass is 9.93. The second kappa shape index (κ2) is 5.70. The van der Waals surface area contributed by atoms with Gasteiger partial charge in [0.15, 0.2) is 0 Å². The number of hydrogen-bond donors (Lipinski definition) is 2. The van der Waals surface area contributed by atoms with Crippen molar-refractivity contribution in [3.8, 4) is 6.07 Å². The molecular formula is C15H16N2O2. The smallest absolute Gasteiger partial charge is 0.203 e. The third-order valence-corrected chi connectivity index (χ3v) is 3.15. The molecule has 0 aliphatic heterocycles. The highest BCUT2D eigenvalue weighted by Crippen LogP contribution is 2.20. The zero-order valence-corrected chi connectivity index (χ0v) is 10.8. The second-order valence-corrected chi connectivity index (χ2v) is 4.59. The number of furan rings is 1. The number of aliphatic hydroxyl groups excluding tert-OH is 1. The summed E-state index contributed by atoms with van der Waals surface area (Å²) >= 11 is 0. The first kappa shape index (κ1) is 13.3. The van der Waals surface area contributed by atoms with Crippen LogP contribution in [0.2, 0.25) is 0 Å². The van der Waals surface area contributed by atoms with Gasteiger partial charge in [-0.1, -0.05) is 30.3 Å². The fourth-order valence-corrected chi connectivity index (χ4v) is 1.87. The van der Waals surface area contributed by atoms with Crippen LogP contribution in [0.15, 0.2) is 46.9 Å². The van der Waals surface area contributed by atoms with Crippen LogP contribution in [-0.2, 0) is 12.1 Å². The second-order valence-electron chi connectivity index (χ2n) is 4.59. The van der Waals surface area contributed by atoms with Crippen LogP contribution in [0.1, 0.15) is 24.0 Å². The van der Waals surface area contributed by atoms with E-state index in [4.69, 9.17) is 9.68 Å². The number of benzene rings is 1. The molecule has 19 heavy (non-hydrogen) atoms. The van der Waals surface area contributed by atoms with Crippen molar-refractivity contribution in [1.29, 1.82) is 5.26 Å². The summed E-state index contributed by atoms with van der Waals surface area (Å²) in [5.74, 6) is 0.967. The minimum absolute atomic E-state index is 0.0250. The Morgan fingerprint density at radius 2 is 2.00 bits per heavy atom. The normalized spacial score (nSPS) is 13.7. The van der Waals surface area contributed by atoms with Crippen LogP contribution in [0.4, 0.5) is 0 Å². The molecule has 0 amide bonds. The molecule has 2 N–H and O–H groups in total. The highest BCUT2D eigenvalue weighted by molar-refractivity contribution is 5.24. The van der Waals surface area contributed by atoms with Crippen molar-refractivity contribution >= 4 is 0 Å². The van der Waals surface area contributed by atoms with Gasteiger partial charge >= 0.3 is 0 Å². The Morgan fingerprint density at radius 3 is 2.58 bits per heavy atom. The number of hydrogen-bond acceptors (Lipinski definition) is 4. The molecule has 0 radical (unpaired) electrons. The summed E-state index contributed by atoms with van der Waals surface area (Å²) in [4.78, 5) is 0. The summed E-state index contributed by atoms with van der Waals surface area (Å²) in [6.45, 7) is 2.35. The molecule has 0 saturated carbocycles. The minimum Gasteiger partial charge on any atom is -0.449 e. The predicted molar refractivity (Wildman–Crippen MR) is 71.1 cm³/mol. The van der Waals surface area contributed by atoms with Gasteiger partial charge in [0.2, 0.25) is 5.76 Å². The van der Waals surface area contributed by atoms with Crippen LogP contribution in [0.25, 0.3) is 0 Å². The van der Waals surface area contributed by atoms with E-state index >= 15 is 0 Å². The van der Waals surface area contributed by atoms with Crippen molar-refractivity contribution in [2.75, 3.05) is 6.61 Å². The zero-order chi connectivity index (χ0) is 13.7. The van der Waals surface area contributed by atoms with Gasteiger partial charge in [0.05, 0.1) is 18.7 Å². The first-order valence-electron chi connectivity index (χ1n) is 6.08. The molecule has 0 saturated heterocycles. The van der Waals surface area contributed by atoms with Gasteiger partial charge in [0, 0.05) is 0 Å². The lowest BCUT2D eigenvalue weighted by Gasteiger charge is -2.29. The number of nitrogens with zero attached hydrogens (tertiary/aromatic N) is 1. The summed E-state index contributed by atoms with van der Waals surface area (Å²) in [6, 6.07) is 15.1. The Balaban J connectivity index is 2.09. The molecule has 1 atom stereocenters. The maximum Gasteiger partial charge on any atom is 0.203 e. The molecule has 98 valence electrons. The van der Waals surface area contributed by atoms with Crippen LogP contribution in [0.3, 0.4) is 0 Å². The quantitative estimate of drug-likeness (QED) is 0.860. The molecule has 1 unspecified atom stereocenters. The monoisotopic (exact) mass is 256 g/mol. The van der Waals surface area contributed by atoms with E-state index in [1.165, 1.54) is 0 Å². The van der Waals surface area contributed by atoms with E-state index < -0.39 is 5.54 Å². The first-order chi connectivity index (χ1) is 9.18. The number of nitriles is 1. The Hall–Kier alpha value is -2.09. The summed E-state index contributed by atoms with van der Waals surface area (Å²) in [5, 5.41) is 21.6. The largest absolute Gasteiger partial charge is 0.449 e. The molecule has 1 aromatic carbocycles. The van der Waals surface area contributed by atoms with Crippen LogP contribution in [0.5, 0.6) is 0 Å². The topological polar surface area (TPSA) is 69.2 Å². The van der Waals surface area contributed by atoms with Crippen LogP contribution < -0.4 is 5.32 Å². The Morgan fingerprint density at radius 1 is 1.26 bits per heavy atom. The van der Waals surface area contributed by atoms with Gasteiger partial charge < -0.3 is 9.52 Å². The molecule has 2 rings (SSSR count). The molecule has 0 spiro atoms. The third-order valence-electron chi connectivity index (χ3n) is 3.15. The molecule has 4 heteroatoms. The lowest BCUT2D eigenvalue weighted by molar-refractivity contribution is 0.170. The van der Waals surface area contributed by atoms with Gasteiger partial charge in [0.25, 0.3) is 0 Å². The molecule has 0 fully saturated rings. The predicted octanol–water partition coefficient (Wildman–Crippen LogP) is 2.15. The maximum absolute atomic E-state index is 9.62. The molecule has 0 aliphatic rings. The van der Waals surface area contributed by atoms with Gasteiger partial charge in [-0.25, -0.2) is 0 Å². The lowest BCUT2D eigenvalue weighted by Crippen LogP contribution is -2.42. The summed E-state index contributed by atoms with van der Waals surface area (Å²) < 4.78 is 5.30. The molecular weight excluding hydrogens is 240 g/mol. The van der Waals surface area contributed by atoms with Gasteiger partial charge in [-0.05, 0) is 24.6 Å². The van der Waals surface area contributed by atoms with E-state index in [-0.39, 0.29) is 6.61 Å². The standard InChI is InChI=1S/C15H16N2O2/c1-15(11-18,12-5-3-2-4-6-12)17-10-14-8-7-13(9-16)19-14/h2-8,17-18H,10-11H2,1H3. The third kappa shape index (κ3) is 3.02. The SMILES string of the molecule is CC(CO)(NCc1ccc(C#N)o1)c1ccccc1. The number of rotatable bonds is 5. The number of nitrogens with one attached hydrogen (secondary N) is 1. The Bertz CT molecular complexity index is 571. The van der Waals surface area contributed by atoms with Gasteiger partial charge in [-0.2, -0.15) is 5.26 Å². The Labute approximate surface area is 112 Å². The average molecular weight is 256 g/mol. The van der Waals surface area contributed by atoms with E-state index in [0.29, 0.717) is 18.1 Å². The van der Waals surface area contributed by atoms with Gasteiger partial charge in [0.1, 0.15) is 11.8 Å². The fourth-order valence-electron chi connectivity index (χ4n) is 1.87. The molecule has 4 nitrogen and oxygen atoms in total. The summed E-state index contributed by atoms with van der Waals surface area (Å²) in [6.07, 6.45) is 0. The average Bonchev–Trinajstić information content (AvgIpc) is 2.94. The van der Waals surface area contributed by atoms with Crippen LogP contribution >= 0.6 is 0 Å². The van der Waals surface area contributed by atoms with Crippen molar-refractivity contribution < 1.29 is 9.52 Å². The minimum atomic E-state index is -0.541. The summed E-state index contributed by atoms with van der Waals surface area (Å²) in [5.41, 5.74) is 0.463. The van der Waals surface area contributed by atoms with Crippen molar-refractivity contribution in [3.05, 3.63) is 59.5 Å². The van der Waals surface area contributed by atoms with Crippen molar-refractivity contribution in [2.45, 2.75) is 19.0 Å². The van der Waals surface area contributed by atoms with Crippen molar-refractivity contribution in [3.63, 3.8) is 0 Å². The van der Waals surface area contributed by atoms with Crippen LogP contribution in [0, 0.1) is 11.3 Å².